The monoisotopic (exact) mass is 418 g/mol. The third kappa shape index (κ3) is 4.50. The van der Waals surface area contributed by atoms with Gasteiger partial charge < -0.3 is 5.32 Å². The molecular formula is C27H22N4O. The maximum atomic E-state index is 12.8. The number of para-hydroxylation sites is 1. The van der Waals surface area contributed by atoms with Crippen molar-refractivity contribution in [1.82, 2.24) is 9.78 Å². The second-order valence-electron chi connectivity index (χ2n) is 7.50. The number of benzene rings is 3. The number of nitrogens with zero attached hydrogens (tertiary/aromatic N) is 3. The highest BCUT2D eigenvalue weighted by atomic mass is 16.1. The van der Waals surface area contributed by atoms with E-state index in [1.54, 1.807) is 10.8 Å². The van der Waals surface area contributed by atoms with Crippen LogP contribution >= 0.6 is 0 Å². The van der Waals surface area contributed by atoms with E-state index in [0.29, 0.717) is 16.9 Å². The van der Waals surface area contributed by atoms with Crippen LogP contribution in [0.3, 0.4) is 0 Å². The highest BCUT2D eigenvalue weighted by Gasteiger charge is 2.15. The number of nitriles is 1. The molecule has 1 heterocycles. The lowest BCUT2D eigenvalue weighted by Gasteiger charge is -2.07. The number of carbonyl (C=O) groups is 1. The Bertz CT molecular complexity index is 1330. The Hall–Kier alpha value is -4.43. The predicted molar refractivity (Wildman–Crippen MR) is 127 cm³/mol. The van der Waals surface area contributed by atoms with Crippen LogP contribution in [-0.4, -0.2) is 15.7 Å². The van der Waals surface area contributed by atoms with Gasteiger partial charge in [-0.05, 0) is 55.3 Å². The first-order valence-electron chi connectivity index (χ1n) is 10.3. The molecule has 0 aliphatic carbocycles. The number of aryl methyl sites for hydroxylation is 2. The van der Waals surface area contributed by atoms with Crippen molar-refractivity contribution in [3.8, 4) is 23.0 Å². The molecule has 0 saturated carbocycles. The normalized spacial score (nSPS) is 11.1. The standard InChI is InChI=1S/C27H22N4O/c1-19-13-14-24(15-20(19)2)29-27(32)22(17-28)16-23-18-31(25-11-7-4-8-12-25)30-26(23)21-9-5-3-6-10-21/h3-16,18H,1-2H3,(H,29,32)/b22-16+. The van der Waals surface area contributed by atoms with E-state index in [1.807, 2.05) is 105 Å². The van der Waals surface area contributed by atoms with Crippen LogP contribution in [0, 0.1) is 25.2 Å². The van der Waals surface area contributed by atoms with Gasteiger partial charge in [-0.1, -0.05) is 54.6 Å². The molecule has 0 unspecified atom stereocenters. The van der Waals surface area contributed by atoms with Gasteiger partial charge in [-0.15, -0.1) is 0 Å². The van der Waals surface area contributed by atoms with Crippen LogP contribution in [0.2, 0.25) is 0 Å². The van der Waals surface area contributed by atoms with Crippen molar-refractivity contribution in [2.75, 3.05) is 5.32 Å². The van der Waals surface area contributed by atoms with E-state index in [9.17, 15) is 10.1 Å². The Balaban J connectivity index is 1.73. The van der Waals surface area contributed by atoms with Crippen molar-refractivity contribution in [3.63, 3.8) is 0 Å². The molecule has 0 radical (unpaired) electrons. The molecule has 0 atom stereocenters. The summed E-state index contributed by atoms with van der Waals surface area (Å²) in [4.78, 5) is 12.8. The van der Waals surface area contributed by atoms with E-state index in [-0.39, 0.29) is 5.57 Å². The fourth-order valence-corrected chi connectivity index (χ4v) is 3.35. The third-order valence-electron chi connectivity index (χ3n) is 5.24. The van der Waals surface area contributed by atoms with Gasteiger partial charge >= 0.3 is 0 Å². The van der Waals surface area contributed by atoms with Gasteiger partial charge in [0.2, 0.25) is 0 Å². The van der Waals surface area contributed by atoms with Crippen molar-refractivity contribution in [3.05, 3.63) is 107 Å². The quantitative estimate of drug-likeness (QED) is 0.334. The van der Waals surface area contributed by atoms with Crippen LogP contribution < -0.4 is 5.32 Å². The summed E-state index contributed by atoms with van der Waals surface area (Å²) in [6.07, 6.45) is 3.42. The van der Waals surface area contributed by atoms with Gasteiger partial charge in [0.25, 0.3) is 5.91 Å². The summed E-state index contributed by atoms with van der Waals surface area (Å²) < 4.78 is 1.75. The highest BCUT2D eigenvalue weighted by molar-refractivity contribution is 6.10. The lowest BCUT2D eigenvalue weighted by Crippen LogP contribution is -2.13. The number of aromatic nitrogens is 2. The minimum atomic E-state index is -0.456. The molecule has 0 bridgehead atoms. The van der Waals surface area contributed by atoms with Gasteiger partial charge in [-0.3, -0.25) is 4.79 Å². The zero-order chi connectivity index (χ0) is 22.5. The van der Waals surface area contributed by atoms with Crippen molar-refractivity contribution in [1.29, 1.82) is 5.26 Å². The van der Waals surface area contributed by atoms with Crippen LogP contribution in [-0.2, 0) is 4.79 Å². The van der Waals surface area contributed by atoms with Gasteiger partial charge in [0.1, 0.15) is 11.6 Å². The molecule has 0 spiro atoms. The average molecular weight is 419 g/mol. The summed E-state index contributed by atoms with van der Waals surface area (Å²) in [7, 11) is 0. The molecule has 4 aromatic rings. The van der Waals surface area contributed by atoms with Gasteiger partial charge in [-0.25, -0.2) is 4.68 Å². The molecule has 1 amide bonds. The summed E-state index contributed by atoms with van der Waals surface area (Å²) in [6, 6.07) is 27.1. The highest BCUT2D eigenvalue weighted by Crippen LogP contribution is 2.26. The predicted octanol–water partition coefficient (Wildman–Crippen LogP) is 5.70. The van der Waals surface area contributed by atoms with Crippen LogP contribution in [0.1, 0.15) is 16.7 Å². The summed E-state index contributed by atoms with van der Waals surface area (Å²) in [5.74, 6) is -0.456. The zero-order valence-corrected chi connectivity index (χ0v) is 17.9. The van der Waals surface area contributed by atoms with Gasteiger partial charge in [0, 0.05) is 23.0 Å². The Labute approximate surface area is 187 Å². The Morgan fingerprint density at radius 3 is 2.31 bits per heavy atom. The van der Waals surface area contributed by atoms with Crippen LogP contribution in [0.5, 0.6) is 0 Å². The summed E-state index contributed by atoms with van der Waals surface area (Å²) in [5, 5.41) is 17.3. The van der Waals surface area contributed by atoms with Crippen LogP contribution in [0.15, 0.2) is 90.6 Å². The molecule has 0 aliphatic rings. The van der Waals surface area contributed by atoms with E-state index < -0.39 is 5.91 Å². The van der Waals surface area contributed by atoms with Crippen molar-refractivity contribution < 1.29 is 4.79 Å². The van der Waals surface area contributed by atoms with Gasteiger partial charge in [0.05, 0.1) is 11.4 Å². The van der Waals surface area contributed by atoms with E-state index in [2.05, 4.69) is 5.32 Å². The first kappa shape index (κ1) is 20.8. The van der Waals surface area contributed by atoms with Crippen LogP contribution in [0.25, 0.3) is 23.0 Å². The first-order chi connectivity index (χ1) is 15.5. The number of carbonyl (C=O) groups excluding carboxylic acids is 1. The van der Waals surface area contributed by atoms with Crippen molar-refractivity contribution >= 4 is 17.7 Å². The number of hydrogen-bond donors (Lipinski definition) is 1. The molecule has 5 nitrogen and oxygen atoms in total. The van der Waals surface area contributed by atoms with E-state index in [1.165, 1.54) is 0 Å². The Morgan fingerprint density at radius 1 is 0.969 bits per heavy atom. The number of nitrogens with one attached hydrogen (secondary N) is 1. The minimum Gasteiger partial charge on any atom is -0.321 e. The van der Waals surface area contributed by atoms with Gasteiger partial charge in [-0.2, -0.15) is 10.4 Å². The fraction of sp³-hybridized carbons (Fsp3) is 0.0741. The number of anilines is 1. The Kier molecular flexibility index (Phi) is 5.96. The van der Waals surface area contributed by atoms with Crippen molar-refractivity contribution in [2.24, 2.45) is 0 Å². The zero-order valence-electron chi connectivity index (χ0n) is 17.9. The van der Waals surface area contributed by atoms with E-state index in [4.69, 9.17) is 5.10 Å². The molecule has 0 fully saturated rings. The molecule has 4 rings (SSSR count). The minimum absolute atomic E-state index is 0.00743. The van der Waals surface area contributed by atoms with E-state index in [0.717, 1.165) is 22.4 Å². The summed E-state index contributed by atoms with van der Waals surface area (Å²) in [5.41, 5.74) is 6.05. The largest absolute Gasteiger partial charge is 0.321 e. The van der Waals surface area contributed by atoms with E-state index >= 15 is 0 Å². The lowest BCUT2D eigenvalue weighted by molar-refractivity contribution is -0.112. The topological polar surface area (TPSA) is 70.7 Å². The average Bonchev–Trinajstić information content (AvgIpc) is 3.25. The second kappa shape index (κ2) is 9.15. The molecule has 3 aromatic carbocycles. The maximum Gasteiger partial charge on any atom is 0.266 e. The second-order valence-corrected chi connectivity index (χ2v) is 7.50. The number of amides is 1. The number of rotatable bonds is 5. The molecular weight excluding hydrogens is 396 g/mol. The maximum absolute atomic E-state index is 12.8. The number of hydrogen-bond acceptors (Lipinski definition) is 3. The molecule has 0 aliphatic heterocycles. The van der Waals surface area contributed by atoms with Crippen LogP contribution in [0.4, 0.5) is 5.69 Å². The fourth-order valence-electron chi connectivity index (χ4n) is 3.35. The first-order valence-corrected chi connectivity index (χ1v) is 10.3. The molecule has 0 saturated heterocycles. The Morgan fingerprint density at radius 2 is 1.66 bits per heavy atom. The van der Waals surface area contributed by atoms with Crippen molar-refractivity contribution in [2.45, 2.75) is 13.8 Å². The van der Waals surface area contributed by atoms with Gasteiger partial charge in [0.15, 0.2) is 0 Å². The third-order valence-corrected chi connectivity index (χ3v) is 5.24. The summed E-state index contributed by atoms with van der Waals surface area (Å²) >= 11 is 0. The molecule has 1 N–H and O–H groups in total. The lowest BCUT2D eigenvalue weighted by atomic mass is 10.1. The smallest absolute Gasteiger partial charge is 0.266 e. The molecule has 156 valence electrons. The molecule has 1 aromatic heterocycles. The summed E-state index contributed by atoms with van der Waals surface area (Å²) in [6.45, 7) is 3.99. The SMILES string of the molecule is Cc1ccc(NC(=O)/C(C#N)=C/c2cn(-c3ccccc3)nc2-c2ccccc2)cc1C. The molecule has 5 heteroatoms. The molecule has 32 heavy (non-hydrogen) atoms.